The molecule has 0 radical (unpaired) electrons. The van der Waals surface area contributed by atoms with Gasteiger partial charge in [0.15, 0.2) is 8.32 Å². The molecule has 3 heteroatoms. The molecule has 0 heterocycles. The number of hydrogen-bond acceptors (Lipinski definition) is 2. The number of aliphatic hydroxyl groups is 1. The van der Waals surface area contributed by atoms with Gasteiger partial charge in [-0.1, -0.05) is 41.5 Å². The van der Waals surface area contributed by atoms with Gasteiger partial charge in [-0.15, -0.1) is 0 Å². The second-order valence-corrected chi connectivity index (χ2v) is 11.5. The van der Waals surface area contributed by atoms with Gasteiger partial charge in [0.1, 0.15) is 0 Å². The molecule has 0 aromatic carbocycles. The number of rotatable bonds is 5. The third-order valence-electron chi connectivity index (χ3n) is 3.74. The summed E-state index contributed by atoms with van der Waals surface area (Å²) in [5, 5.41) is 9.52. The van der Waals surface area contributed by atoms with Gasteiger partial charge in [0.2, 0.25) is 0 Å². The molecular formula is C13H30O2Si. The smallest absolute Gasteiger partial charge is 0.192 e. The highest BCUT2D eigenvalue weighted by molar-refractivity contribution is 6.74. The van der Waals surface area contributed by atoms with Crippen LogP contribution >= 0.6 is 0 Å². The summed E-state index contributed by atoms with van der Waals surface area (Å²) < 4.78 is 6.40. The van der Waals surface area contributed by atoms with Gasteiger partial charge in [-0.05, 0) is 24.1 Å². The van der Waals surface area contributed by atoms with E-state index in [1.165, 1.54) is 0 Å². The van der Waals surface area contributed by atoms with Crippen molar-refractivity contribution < 1.29 is 9.53 Å². The maximum absolute atomic E-state index is 9.29. The van der Waals surface area contributed by atoms with Crippen molar-refractivity contribution in [2.75, 3.05) is 6.61 Å². The molecular weight excluding hydrogens is 216 g/mol. The zero-order chi connectivity index (χ0) is 13.1. The Morgan fingerprint density at radius 2 is 1.56 bits per heavy atom. The third-order valence-corrected chi connectivity index (χ3v) is 8.22. The first kappa shape index (κ1) is 16.1. The number of aliphatic hydroxyl groups excluding tert-OH is 1. The average molecular weight is 246 g/mol. The lowest BCUT2D eigenvalue weighted by Gasteiger charge is -2.42. The summed E-state index contributed by atoms with van der Waals surface area (Å²) >= 11 is 0. The first-order chi connectivity index (χ1) is 7.03. The van der Waals surface area contributed by atoms with Crippen molar-refractivity contribution in [1.82, 2.24) is 0 Å². The minimum Gasteiger partial charge on any atom is -0.413 e. The van der Waals surface area contributed by atoms with Crippen molar-refractivity contribution in [3.63, 3.8) is 0 Å². The van der Waals surface area contributed by atoms with Crippen LogP contribution in [0.1, 0.15) is 41.5 Å². The van der Waals surface area contributed by atoms with Gasteiger partial charge in [0.05, 0.1) is 6.10 Å². The van der Waals surface area contributed by atoms with Gasteiger partial charge in [0.25, 0.3) is 0 Å². The lowest BCUT2D eigenvalue weighted by atomic mass is 9.96. The lowest BCUT2D eigenvalue weighted by molar-refractivity contribution is 0.0516. The van der Waals surface area contributed by atoms with E-state index in [0.29, 0.717) is 5.92 Å². The maximum atomic E-state index is 9.29. The van der Waals surface area contributed by atoms with Crippen LogP contribution in [0.15, 0.2) is 0 Å². The lowest BCUT2D eigenvalue weighted by Crippen LogP contribution is -2.47. The van der Waals surface area contributed by atoms with Crippen LogP contribution in [0.25, 0.3) is 0 Å². The predicted molar refractivity (Wildman–Crippen MR) is 73.2 cm³/mol. The molecule has 0 spiro atoms. The molecule has 0 aliphatic heterocycles. The van der Waals surface area contributed by atoms with E-state index in [9.17, 15) is 5.11 Å². The SMILES string of the molecule is CC(C)[C@@H](O[Si](C)(C)C(C)(C)C)[C@@H](C)CO. The van der Waals surface area contributed by atoms with Crippen LogP contribution in [0.2, 0.25) is 18.1 Å². The summed E-state index contributed by atoms with van der Waals surface area (Å²) in [4.78, 5) is 0. The van der Waals surface area contributed by atoms with Gasteiger partial charge < -0.3 is 9.53 Å². The summed E-state index contributed by atoms with van der Waals surface area (Å²) in [6, 6.07) is 0. The highest BCUT2D eigenvalue weighted by atomic mass is 28.4. The Hall–Kier alpha value is 0.137. The molecule has 0 aliphatic carbocycles. The molecule has 0 bridgehead atoms. The predicted octanol–water partition coefficient (Wildman–Crippen LogP) is 3.66. The minimum atomic E-state index is -1.72. The fourth-order valence-corrected chi connectivity index (χ4v) is 3.07. The molecule has 98 valence electrons. The molecule has 0 saturated carbocycles. The van der Waals surface area contributed by atoms with Crippen LogP contribution in [0.3, 0.4) is 0 Å². The summed E-state index contributed by atoms with van der Waals surface area (Å²) in [6.07, 6.45) is 0.172. The molecule has 0 rings (SSSR count). The van der Waals surface area contributed by atoms with Crippen molar-refractivity contribution in [2.24, 2.45) is 11.8 Å². The highest BCUT2D eigenvalue weighted by Crippen LogP contribution is 2.39. The standard InChI is InChI=1S/C13H30O2Si/c1-10(2)12(11(3)9-14)15-16(7,8)13(4,5)6/h10-12,14H,9H2,1-8H3/t11-,12+/m0/s1. The van der Waals surface area contributed by atoms with E-state index >= 15 is 0 Å². The van der Waals surface area contributed by atoms with Crippen molar-refractivity contribution in [3.05, 3.63) is 0 Å². The fraction of sp³-hybridized carbons (Fsp3) is 1.00. The summed E-state index contributed by atoms with van der Waals surface area (Å²) in [5.74, 6) is 0.672. The van der Waals surface area contributed by atoms with Gasteiger partial charge in [-0.2, -0.15) is 0 Å². The molecule has 1 N–H and O–H groups in total. The quantitative estimate of drug-likeness (QED) is 0.750. The summed E-state index contributed by atoms with van der Waals surface area (Å²) in [7, 11) is -1.72. The zero-order valence-corrected chi connectivity index (χ0v) is 13.3. The van der Waals surface area contributed by atoms with Gasteiger partial charge in [-0.3, -0.25) is 0 Å². The maximum Gasteiger partial charge on any atom is 0.192 e. The Morgan fingerprint density at radius 3 is 1.81 bits per heavy atom. The van der Waals surface area contributed by atoms with Gasteiger partial charge in [-0.25, -0.2) is 0 Å². The molecule has 0 fully saturated rings. The van der Waals surface area contributed by atoms with E-state index in [1.54, 1.807) is 0 Å². The largest absolute Gasteiger partial charge is 0.413 e. The fourth-order valence-electron chi connectivity index (χ4n) is 1.53. The van der Waals surface area contributed by atoms with Crippen LogP contribution in [0.5, 0.6) is 0 Å². The molecule has 0 aromatic heterocycles. The van der Waals surface area contributed by atoms with E-state index in [0.717, 1.165) is 0 Å². The Balaban J connectivity index is 4.76. The van der Waals surface area contributed by atoms with Crippen LogP contribution < -0.4 is 0 Å². The molecule has 16 heavy (non-hydrogen) atoms. The first-order valence-corrected chi connectivity index (χ1v) is 9.22. The van der Waals surface area contributed by atoms with Gasteiger partial charge >= 0.3 is 0 Å². The van der Waals surface area contributed by atoms with Crippen LogP contribution in [0.4, 0.5) is 0 Å². The van der Waals surface area contributed by atoms with Crippen LogP contribution in [-0.4, -0.2) is 26.1 Å². The molecule has 2 atom stereocenters. The molecule has 0 aromatic rings. The summed E-state index contributed by atoms with van der Waals surface area (Å²) in [5.41, 5.74) is 0. The van der Waals surface area contributed by atoms with E-state index in [4.69, 9.17) is 4.43 Å². The molecule has 0 unspecified atom stereocenters. The minimum absolute atomic E-state index is 0.172. The van der Waals surface area contributed by atoms with Crippen LogP contribution in [0, 0.1) is 11.8 Å². The van der Waals surface area contributed by atoms with Crippen molar-refractivity contribution in [2.45, 2.75) is 65.8 Å². The molecule has 2 nitrogen and oxygen atoms in total. The molecule has 0 aliphatic rings. The highest BCUT2D eigenvalue weighted by Gasteiger charge is 2.40. The first-order valence-electron chi connectivity index (χ1n) is 6.31. The monoisotopic (exact) mass is 246 g/mol. The topological polar surface area (TPSA) is 29.5 Å². The van der Waals surface area contributed by atoms with E-state index in [2.05, 4.69) is 54.6 Å². The van der Waals surface area contributed by atoms with Crippen molar-refractivity contribution in [3.8, 4) is 0 Å². The molecule has 0 saturated heterocycles. The Labute approximate surface area is 103 Å². The average Bonchev–Trinajstić information content (AvgIpc) is 2.10. The molecule has 0 amide bonds. The Kier molecular flexibility index (Phi) is 5.70. The van der Waals surface area contributed by atoms with E-state index in [-0.39, 0.29) is 23.7 Å². The number of hydrogen-bond donors (Lipinski definition) is 1. The normalized spacial score (nSPS) is 17.6. The van der Waals surface area contributed by atoms with E-state index < -0.39 is 8.32 Å². The van der Waals surface area contributed by atoms with Gasteiger partial charge in [0, 0.05) is 12.5 Å². The Morgan fingerprint density at radius 1 is 1.12 bits per heavy atom. The third kappa shape index (κ3) is 4.19. The van der Waals surface area contributed by atoms with E-state index in [1.807, 2.05) is 0 Å². The van der Waals surface area contributed by atoms with Crippen molar-refractivity contribution in [1.29, 1.82) is 0 Å². The Bertz CT molecular complexity index is 206. The zero-order valence-electron chi connectivity index (χ0n) is 12.3. The van der Waals surface area contributed by atoms with Crippen LogP contribution in [-0.2, 0) is 4.43 Å². The second kappa shape index (κ2) is 5.65. The summed E-state index contributed by atoms with van der Waals surface area (Å²) in [6.45, 7) is 17.9. The van der Waals surface area contributed by atoms with Crippen molar-refractivity contribution >= 4 is 8.32 Å². The second-order valence-electron chi connectivity index (χ2n) is 6.75.